The highest BCUT2D eigenvalue weighted by atomic mass is 31.2. The number of anilines is 1. The number of hydrogen-bond acceptors (Lipinski definition) is 6. The van der Waals surface area contributed by atoms with Gasteiger partial charge >= 0.3 is 0 Å². The van der Waals surface area contributed by atoms with Crippen LogP contribution in [0.2, 0.25) is 0 Å². The Morgan fingerprint density at radius 2 is 2.08 bits per heavy atom. The van der Waals surface area contributed by atoms with Gasteiger partial charge < -0.3 is 19.9 Å². The van der Waals surface area contributed by atoms with Crippen LogP contribution in [0.3, 0.4) is 0 Å². The number of hydrogen-bond donors (Lipinski definition) is 3. The summed E-state index contributed by atoms with van der Waals surface area (Å²) in [6.45, 7) is 2.54. The van der Waals surface area contributed by atoms with Crippen molar-refractivity contribution in [2.45, 2.75) is 26.1 Å². The lowest BCUT2D eigenvalue weighted by Crippen LogP contribution is -2.20. The number of nitrogen functional groups attached to an aromatic ring is 1. The molecule has 0 fully saturated rings. The van der Waals surface area contributed by atoms with Crippen molar-refractivity contribution in [1.82, 2.24) is 24.6 Å². The Morgan fingerprint density at radius 1 is 1.31 bits per heavy atom. The second-order valence-corrected chi connectivity index (χ2v) is 7.93. The van der Waals surface area contributed by atoms with Crippen LogP contribution in [0.5, 0.6) is 0 Å². The van der Waals surface area contributed by atoms with E-state index >= 15 is 0 Å². The van der Waals surface area contributed by atoms with E-state index in [-0.39, 0.29) is 12.5 Å². The largest absolute Gasteiger partial charge is 0.382 e. The summed E-state index contributed by atoms with van der Waals surface area (Å²) in [4.78, 5) is 22.3. The monoisotopic (exact) mass is 376 g/mol. The molecule has 2 aromatic heterocycles. The van der Waals surface area contributed by atoms with Crippen LogP contribution in [0.25, 0.3) is 11.2 Å². The Labute approximate surface area is 150 Å². The zero-order valence-electron chi connectivity index (χ0n) is 14.3. The number of nitrogens with one attached hydrogen (secondary N) is 1. The molecule has 1 unspecified atom stereocenters. The highest BCUT2D eigenvalue weighted by Gasteiger charge is 2.20. The lowest BCUT2D eigenvalue weighted by Gasteiger charge is -2.18. The maximum atomic E-state index is 12.2. The minimum absolute atomic E-state index is 0.287. The third kappa shape index (κ3) is 4.64. The van der Waals surface area contributed by atoms with Crippen molar-refractivity contribution >= 4 is 24.5 Å². The minimum Gasteiger partial charge on any atom is -0.382 e. The molecule has 2 heterocycles. The maximum Gasteiger partial charge on any atom is 0.292 e. The Morgan fingerprint density at radius 3 is 2.85 bits per heavy atom. The molecule has 1 aromatic carbocycles. The van der Waals surface area contributed by atoms with E-state index in [2.05, 4.69) is 20.0 Å². The molecule has 9 nitrogen and oxygen atoms in total. The van der Waals surface area contributed by atoms with Gasteiger partial charge in [0.1, 0.15) is 18.2 Å². The third-order valence-electron chi connectivity index (χ3n) is 3.79. The second kappa shape index (κ2) is 7.92. The quantitative estimate of drug-likeness (QED) is 0.507. The Hall–Kier alpha value is -2.32. The lowest BCUT2D eigenvalue weighted by atomic mass is 10.2. The smallest absolute Gasteiger partial charge is 0.292 e. The molecule has 26 heavy (non-hydrogen) atoms. The van der Waals surface area contributed by atoms with Crippen molar-refractivity contribution in [3.05, 3.63) is 48.5 Å². The number of nitrogens with zero attached hydrogens (tertiary/aromatic N) is 4. The van der Waals surface area contributed by atoms with E-state index in [9.17, 15) is 9.46 Å². The summed E-state index contributed by atoms with van der Waals surface area (Å²) in [5.74, 6) is 0.312. The summed E-state index contributed by atoms with van der Waals surface area (Å²) in [6, 6.07) is 9.42. The molecule has 3 aromatic rings. The number of imidazole rings is 1. The average Bonchev–Trinajstić information content (AvgIpc) is 3.04. The van der Waals surface area contributed by atoms with Crippen molar-refractivity contribution in [3.63, 3.8) is 0 Å². The fourth-order valence-corrected chi connectivity index (χ4v) is 3.42. The molecule has 0 spiro atoms. The SMILES string of the molecule is C[C@H](Cn1cnc2c(N)ncnc21)OCP(=O)(O)NCc1ccccc1. The highest BCUT2D eigenvalue weighted by molar-refractivity contribution is 7.55. The van der Waals surface area contributed by atoms with Gasteiger partial charge in [-0.05, 0) is 12.5 Å². The standard InChI is InChI=1S/C16H21N6O3P/c1-12(8-22-10-20-14-15(17)18-9-19-16(14)22)25-11-26(23,24)21-7-13-5-3-2-4-6-13/h2-6,9-10,12H,7-8,11H2,1H3,(H2,17,18,19)(H2,21,23,24)/t12-/m1/s1. The van der Waals surface area contributed by atoms with Gasteiger partial charge in [0.05, 0.1) is 19.0 Å². The van der Waals surface area contributed by atoms with Crippen LogP contribution < -0.4 is 10.8 Å². The van der Waals surface area contributed by atoms with Crippen molar-refractivity contribution in [2.75, 3.05) is 12.1 Å². The van der Waals surface area contributed by atoms with Gasteiger partial charge in [-0.25, -0.2) is 20.0 Å². The zero-order valence-corrected chi connectivity index (χ0v) is 15.2. The van der Waals surface area contributed by atoms with E-state index in [1.807, 2.05) is 37.3 Å². The highest BCUT2D eigenvalue weighted by Crippen LogP contribution is 2.36. The minimum atomic E-state index is -3.60. The van der Waals surface area contributed by atoms with Crippen LogP contribution in [-0.4, -0.2) is 36.9 Å². The molecule has 138 valence electrons. The third-order valence-corrected chi connectivity index (χ3v) is 4.94. The molecule has 4 N–H and O–H groups in total. The average molecular weight is 376 g/mol. The first-order valence-electron chi connectivity index (χ1n) is 8.08. The number of ether oxygens (including phenoxy) is 1. The number of benzene rings is 1. The van der Waals surface area contributed by atoms with E-state index in [4.69, 9.17) is 10.5 Å². The van der Waals surface area contributed by atoms with Crippen LogP contribution >= 0.6 is 7.52 Å². The van der Waals surface area contributed by atoms with E-state index < -0.39 is 7.52 Å². The molecule has 3 rings (SSSR count). The molecule has 0 aliphatic rings. The van der Waals surface area contributed by atoms with Gasteiger partial charge in [0.2, 0.25) is 0 Å². The van der Waals surface area contributed by atoms with Crippen molar-refractivity contribution in [3.8, 4) is 0 Å². The molecule has 0 bridgehead atoms. The molecular formula is C16H21N6O3P. The molecule has 10 heteroatoms. The van der Waals surface area contributed by atoms with Crippen LogP contribution in [0.4, 0.5) is 5.82 Å². The fourth-order valence-electron chi connectivity index (χ4n) is 2.45. The summed E-state index contributed by atoms with van der Waals surface area (Å²) in [7, 11) is -3.60. The summed E-state index contributed by atoms with van der Waals surface area (Å²) < 4.78 is 19.5. The normalized spacial score (nSPS) is 15.0. The van der Waals surface area contributed by atoms with E-state index in [0.717, 1.165) is 5.56 Å². The molecule has 0 aliphatic heterocycles. The number of nitrogens with two attached hydrogens (primary N) is 1. The van der Waals surface area contributed by atoms with Gasteiger partial charge in [0.15, 0.2) is 11.5 Å². The predicted octanol–water partition coefficient (Wildman–Crippen LogP) is 1.75. The van der Waals surface area contributed by atoms with Gasteiger partial charge in [0.25, 0.3) is 7.52 Å². The zero-order chi connectivity index (χ0) is 18.6. The van der Waals surface area contributed by atoms with Crippen molar-refractivity contribution in [2.24, 2.45) is 0 Å². The molecule has 0 saturated carbocycles. The molecule has 0 radical (unpaired) electrons. The lowest BCUT2D eigenvalue weighted by molar-refractivity contribution is 0.0816. The second-order valence-electron chi connectivity index (χ2n) is 5.96. The van der Waals surface area contributed by atoms with Crippen LogP contribution in [0.1, 0.15) is 12.5 Å². The first kappa shape index (κ1) is 18.5. The first-order chi connectivity index (χ1) is 12.4. The Kier molecular flexibility index (Phi) is 5.63. The summed E-state index contributed by atoms with van der Waals surface area (Å²) >= 11 is 0. The van der Waals surface area contributed by atoms with Gasteiger partial charge in [-0.2, -0.15) is 0 Å². The number of aromatic nitrogens is 4. The number of rotatable bonds is 8. The van der Waals surface area contributed by atoms with Gasteiger partial charge in [-0.3, -0.25) is 4.57 Å². The molecule has 0 saturated heterocycles. The fraction of sp³-hybridized carbons (Fsp3) is 0.312. The molecule has 2 atom stereocenters. The number of fused-ring (bicyclic) bond motifs is 1. The van der Waals surface area contributed by atoms with Gasteiger partial charge in [0, 0.05) is 6.54 Å². The Bertz CT molecular complexity index is 917. The van der Waals surface area contributed by atoms with E-state index in [1.165, 1.54) is 6.33 Å². The Balaban J connectivity index is 1.53. The molecular weight excluding hydrogens is 355 g/mol. The van der Waals surface area contributed by atoms with E-state index in [0.29, 0.717) is 30.1 Å². The van der Waals surface area contributed by atoms with Crippen molar-refractivity contribution in [1.29, 1.82) is 0 Å². The predicted molar refractivity (Wildman–Crippen MR) is 98.3 cm³/mol. The van der Waals surface area contributed by atoms with Crippen LogP contribution in [-0.2, 0) is 22.4 Å². The van der Waals surface area contributed by atoms with Crippen molar-refractivity contribution < 1.29 is 14.2 Å². The topological polar surface area (TPSA) is 128 Å². The first-order valence-corrected chi connectivity index (χ1v) is 9.93. The summed E-state index contributed by atoms with van der Waals surface area (Å²) in [5.41, 5.74) is 7.81. The van der Waals surface area contributed by atoms with E-state index in [1.54, 1.807) is 10.9 Å². The van der Waals surface area contributed by atoms with Crippen LogP contribution in [0, 0.1) is 0 Å². The van der Waals surface area contributed by atoms with Crippen LogP contribution in [0.15, 0.2) is 43.0 Å². The summed E-state index contributed by atoms with van der Waals surface area (Å²) in [5, 5.41) is 2.66. The summed E-state index contributed by atoms with van der Waals surface area (Å²) in [6.07, 6.45) is 2.37. The van der Waals surface area contributed by atoms with Gasteiger partial charge in [-0.15, -0.1) is 0 Å². The van der Waals surface area contributed by atoms with Gasteiger partial charge in [-0.1, -0.05) is 30.3 Å². The molecule has 0 aliphatic carbocycles. The molecule has 0 amide bonds. The maximum absolute atomic E-state index is 12.2.